The number of allylic oxidation sites excluding steroid dienone is 16. The summed E-state index contributed by atoms with van der Waals surface area (Å²) in [6.07, 6.45) is 81.2. The molecule has 0 radical (unpaired) electrons. The molecule has 6 nitrogen and oxygen atoms in total. The number of carbonyl (C=O) groups excluding carboxylic acids is 3. The highest BCUT2D eigenvalue weighted by Crippen LogP contribution is 2.15. The third kappa shape index (κ3) is 59.1. The zero-order chi connectivity index (χ0) is 52.9. The maximum atomic E-state index is 12.9. The normalized spacial score (nSPS) is 12.8. The predicted molar refractivity (Wildman–Crippen MR) is 316 cm³/mol. The van der Waals surface area contributed by atoms with Crippen molar-refractivity contribution in [1.82, 2.24) is 0 Å². The molecular weight excluding hydrogens is 901 g/mol. The van der Waals surface area contributed by atoms with Crippen LogP contribution in [0, 0.1) is 0 Å². The van der Waals surface area contributed by atoms with Crippen LogP contribution in [0.1, 0.15) is 290 Å². The van der Waals surface area contributed by atoms with Gasteiger partial charge in [0.2, 0.25) is 0 Å². The number of ether oxygens (including phenoxy) is 3. The third-order valence-corrected chi connectivity index (χ3v) is 13.0. The summed E-state index contributed by atoms with van der Waals surface area (Å²) >= 11 is 0. The monoisotopic (exact) mass is 1010 g/mol. The van der Waals surface area contributed by atoms with Gasteiger partial charge in [0, 0.05) is 19.3 Å². The molecule has 1 atom stereocenters. The molecule has 0 saturated heterocycles. The number of unbranched alkanes of at least 4 members (excludes halogenated alkanes) is 28. The molecule has 0 aliphatic rings. The van der Waals surface area contributed by atoms with Gasteiger partial charge in [0.05, 0.1) is 0 Å². The molecule has 418 valence electrons. The van der Waals surface area contributed by atoms with Crippen LogP contribution in [0.25, 0.3) is 0 Å². The van der Waals surface area contributed by atoms with Crippen LogP contribution in [-0.4, -0.2) is 37.2 Å². The van der Waals surface area contributed by atoms with Crippen LogP contribution in [0.4, 0.5) is 0 Å². The molecule has 0 heterocycles. The molecule has 6 heteroatoms. The van der Waals surface area contributed by atoms with E-state index in [1.807, 2.05) is 0 Å². The first-order valence-corrected chi connectivity index (χ1v) is 30.7. The minimum atomic E-state index is -0.789. The molecule has 0 aromatic heterocycles. The van der Waals surface area contributed by atoms with Crippen molar-refractivity contribution in [2.24, 2.45) is 0 Å². The number of carbonyl (C=O) groups is 3. The minimum absolute atomic E-state index is 0.0869. The first-order chi connectivity index (χ1) is 36.0. The van der Waals surface area contributed by atoms with E-state index in [2.05, 4.69) is 118 Å². The SMILES string of the molecule is CC/C=C\C/C=C\C/C=C\C/C=C\C/C=C\C/C=C\CCCCCCCCCCC(=O)OCC(COC(=O)CCCCCCC/C=C\CCCCCC)OC(=O)CCCCCCC/C=C\CCCCCCCC. The molecule has 0 aromatic rings. The predicted octanol–water partition coefficient (Wildman–Crippen LogP) is 20.9. The van der Waals surface area contributed by atoms with Crippen LogP contribution in [0.5, 0.6) is 0 Å². The fourth-order valence-electron chi connectivity index (χ4n) is 8.44. The summed E-state index contributed by atoms with van der Waals surface area (Å²) in [4.78, 5) is 38.2. The Morgan fingerprint density at radius 3 is 0.863 bits per heavy atom. The van der Waals surface area contributed by atoms with E-state index < -0.39 is 6.10 Å². The summed E-state index contributed by atoms with van der Waals surface area (Å²) in [5.74, 6) is -0.906. The summed E-state index contributed by atoms with van der Waals surface area (Å²) in [6, 6.07) is 0. The number of esters is 3. The molecule has 0 spiro atoms. The Kier molecular flexibility index (Phi) is 57.8. The van der Waals surface area contributed by atoms with Crippen LogP contribution in [-0.2, 0) is 28.6 Å². The Morgan fingerprint density at radius 1 is 0.288 bits per heavy atom. The summed E-state index contributed by atoms with van der Waals surface area (Å²) in [7, 11) is 0. The summed E-state index contributed by atoms with van der Waals surface area (Å²) in [6.45, 7) is 6.50. The summed E-state index contributed by atoms with van der Waals surface area (Å²) in [5, 5.41) is 0. The van der Waals surface area contributed by atoms with Gasteiger partial charge in [0.1, 0.15) is 13.2 Å². The number of hydrogen-bond donors (Lipinski definition) is 0. The van der Waals surface area contributed by atoms with Gasteiger partial charge >= 0.3 is 17.9 Å². The Morgan fingerprint density at radius 2 is 0.534 bits per heavy atom. The second-order valence-corrected chi connectivity index (χ2v) is 20.2. The Hall–Kier alpha value is -3.67. The third-order valence-electron chi connectivity index (χ3n) is 13.0. The van der Waals surface area contributed by atoms with Crippen molar-refractivity contribution in [2.75, 3.05) is 13.2 Å². The second-order valence-electron chi connectivity index (χ2n) is 20.2. The number of rotatable bonds is 55. The van der Waals surface area contributed by atoms with E-state index in [-0.39, 0.29) is 31.1 Å². The average Bonchev–Trinajstić information content (AvgIpc) is 3.39. The highest BCUT2D eigenvalue weighted by Gasteiger charge is 2.19. The molecule has 73 heavy (non-hydrogen) atoms. The van der Waals surface area contributed by atoms with Gasteiger partial charge in [-0.2, -0.15) is 0 Å². The quantitative estimate of drug-likeness (QED) is 0.0261. The lowest BCUT2D eigenvalue weighted by Gasteiger charge is -2.18. The fraction of sp³-hybridized carbons (Fsp3) is 0.716. The zero-order valence-electron chi connectivity index (χ0n) is 47.9. The van der Waals surface area contributed by atoms with Crippen molar-refractivity contribution >= 4 is 17.9 Å². The van der Waals surface area contributed by atoms with Crippen LogP contribution in [0.2, 0.25) is 0 Å². The van der Waals surface area contributed by atoms with Gasteiger partial charge in [-0.25, -0.2) is 0 Å². The lowest BCUT2D eigenvalue weighted by Crippen LogP contribution is -2.30. The second kappa shape index (κ2) is 60.9. The zero-order valence-corrected chi connectivity index (χ0v) is 47.9. The van der Waals surface area contributed by atoms with E-state index in [0.717, 1.165) is 122 Å². The Labute approximate surface area is 451 Å². The van der Waals surface area contributed by atoms with Crippen LogP contribution in [0.3, 0.4) is 0 Å². The lowest BCUT2D eigenvalue weighted by atomic mass is 10.1. The van der Waals surface area contributed by atoms with Crippen LogP contribution < -0.4 is 0 Å². The van der Waals surface area contributed by atoms with Gasteiger partial charge in [-0.05, 0) is 122 Å². The molecule has 0 saturated carbocycles. The van der Waals surface area contributed by atoms with Gasteiger partial charge in [0.15, 0.2) is 6.10 Å². The molecular formula is C67H114O6. The maximum Gasteiger partial charge on any atom is 0.306 e. The standard InChI is InChI=1S/C67H114O6/c1-4-7-10-13-16-19-22-25-27-28-29-30-31-32-33-34-35-36-37-38-40-42-45-48-51-54-57-60-66(69)72-63-64(62-71-65(68)59-56-53-50-47-44-41-24-21-18-15-12-9-6-3)73-67(70)61-58-55-52-49-46-43-39-26-23-20-17-14-11-8-5-2/h7,10,16,19,21,24-27,29-30,32-33,35-36,39,64H,4-6,8-9,11-15,17-18,20,22-23,28,31,34,37-38,40-63H2,1-3H3/b10-7-,19-16-,24-21-,27-25-,30-29-,33-32-,36-35-,39-26-. The maximum absolute atomic E-state index is 12.9. The van der Waals surface area contributed by atoms with Gasteiger partial charge < -0.3 is 14.2 Å². The minimum Gasteiger partial charge on any atom is -0.462 e. The first-order valence-electron chi connectivity index (χ1n) is 30.7. The van der Waals surface area contributed by atoms with E-state index in [0.29, 0.717) is 19.3 Å². The van der Waals surface area contributed by atoms with E-state index in [4.69, 9.17) is 14.2 Å². The molecule has 0 aliphatic carbocycles. The Bertz CT molecular complexity index is 1440. The summed E-state index contributed by atoms with van der Waals surface area (Å²) < 4.78 is 16.9. The smallest absolute Gasteiger partial charge is 0.306 e. The van der Waals surface area contributed by atoms with Crippen LogP contribution in [0.15, 0.2) is 97.2 Å². The topological polar surface area (TPSA) is 78.9 Å². The lowest BCUT2D eigenvalue weighted by molar-refractivity contribution is -0.167. The van der Waals surface area contributed by atoms with E-state index in [1.165, 1.54) is 128 Å². The van der Waals surface area contributed by atoms with Gasteiger partial charge in [0.25, 0.3) is 0 Å². The van der Waals surface area contributed by atoms with Gasteiger partial charge in [-0.1, -0.05) is 246 Å². The number of hydrogen-bond acceptors (Lipinski definition) is 6. The molecule has 0 fully saturated rings. The van der Waals surface area contributed by atoms with Gasteiger partial charge in [-0.3, -0.25) is 14.4 Å². The summed E-state index contributed by atoms with van der Waals surface area (Å²) in [5.41, 5.74) is 0. The molecule has 1 unspecified atom stereocenters. The van der Waals surface area contributed by atoms with Crippen LogP contribution >= 0.6 is 0 Å². The Balaban J connectivity index is 4.33. The highest BCUT2D eigenvalue weighted by molar-refractivity contribution is 5.71. The molecule has 0 aliphatic heterocycles. The molecule has 0 bridgehead atoms. The van der Waals surface area contributed by atoms with Crippen molar-refractivity contribution in [2.45, 2.75) is 297 Å². The van der Waals surface area contributed by atoms with E-state index >= 15 is 0 Å². The first kappa shape index (κ1) is 69.3. The molecule has 0 N–H and O–H groups in total. The average molecular weight is 1020 g/mol. The molecule has 0 amide bonds. The van der Waals surface area contributed by atoms with Crippen molar-refractivity contribution in [3.05, 3.63) is 97.2 Å². The fourth-order valence-corrected chi connectivity index (χ4v) is 8.44. The highest BCUT2D eigenvalue weighted by atomic mass is 16.6. The van der Waals surface area contributed by atoms with E-state index in [9.17, 15) is 14.4 Å². The van der Waals surface area contributed by atoms with Gasteiger partial charge in [-0.15, -0.1) is 0 Å². The van der Waals surface area contributed by atoms with E-state index in [1.54, 1.807) is 0 Å². The molecule has 0 aromatic carbocycles. The van der Waals surface area contributed by atoms with Crippen molar-refractivity contribution < 1.29 is 28.6 Å². The largest absolute Gasteiger partial charge is 0.462 e. The van der Waals surface area contributed by atoms with Crippen molar-refractivity contribution in [3.8, 4) is 0 Å². The van der Waals surface area contributed by atoms with Crippen molar-refractivity contribution in [1.29, 1.82) is 0 Å². The molecule has 0 rings (SSSR count). The van der Waals surface area contributed by atoms with Crippen molar-refractivity contribution in [3.63, 3.8) is 0 Å².